The molecule has 0 bridgehead atoms. The van der Waals surface area contributed by atoms with Crippen LogP contribution in [-0.2, 0) is 10.0 Å². The summed E-state index contributed by atoms with van der Waals surface area (Å²) in [4.78, 5) is 0. The maximum absolute atomic E-state index is 11.6. The Balaban J connectivity index is 0.00000220. The van der Waals surface area contributed by atoms with E-state index in [9.17, 15) is 8.42 Å². The molecule has 0 aromatic heterocycles. The topological polar surface area (TPSA) is 72.2 Å². The highest BCUT2D eigenvalue weighted by atomic mass is 32.2. The number of sulfonamides is 1. The fourth-order valence-corrected chi connectivity index (χ4v) is 2.85. The van der Waals surface area contributed by atoms with Gasteiger partial charge in [-0.1, -0.05) is 60.7 Å². The molecule has 4 nitrogen and oxygen atoms in total. The summed E-state index contributed by atoms with van der Waals surface area (Å²) in [5.74, 6) is 0. The van der Waals surface area contributed by atoms with E-state index in [1.165, 1.54) is 0 Å². The molecule has 0 saturated carbocycles. The Morgan fingerprint density at radius 3 is 1.85 bits per heavy atom. The Bertz CT molecular complexity index is 648. The van der Waals surface area contributed by atoms with Gasteiger partial charge in [0, 0.05) is 1.43 Å². The minimum absolute atomic E-state index is 0. The second-order valence-corrected chi connectivity index (χ2v) is 6.49. The average Bonchev–Trinajstić information content (AvgIpc) is 2.45. The number of nitrogens with one attached hydrogen (secondary N) is 1. The third-order valence-electron chi connectivity index (χ3n) is 3.04. The zero-order valence-electron chi connectivity index (χ0n) is 11.2. The zero-order chi connectivity index (χ0) is 14.6. The molecule has 0 spiro atoms. The van der Waals surface area contributed by atoms with Gasteiger partial charge in [-0.05, 0) is 11.1 Å². The lowest BCUT2D eigenvalue weighted by atomic mass is 9.95. The third kappa shape index (κ3) is 3.90. The summed E-state index contributed by atoms with van der Waals surface area (Å²) >= 11 is 0. The van der Waals surface area contributed by atoms with Gasteiger partial charge >= 0.3 is 0 Å². The van der Waals surface area contributed by atoms with Crippen LogP contribution in [0.2, 0.25) is 0 Å². The van der Waals surface area contributed by atoms with Crippen LogP contribution in [-0.4, -0.2) is 14.7 Å². The van der Waals surface area contributed by atoms with Crippen LogP contribution in [0.1, 0.15) is 24.6 Å². The van der Waals surface area contributed by atoms with Crippen molar-refractivity contribution < 1.29 is 9.84 Å². The maximum atomic E-state index is 11.6. The summed E-state index contributed by atoms with van der Waals surface area (Å²) in [6.07, 6.45) is 1.14. The predicted molar refractivity (Wildman–Crippen MR) is 82.6 cm³/mol. The molecule has 0 radical (unpaired) electrons. The lowest BCUT2D eigenvalue weighted by Crippen LogP contribution is -2.35. The molecule has 2 rings (SSSR count). The number of hydrogen-bond donors (Lipinski definition) is 2. The molecular formula is C15H20N2O2S. The largest absolute Gasteiger partial charge is 0.322 e. The average molecular weight is 292 g/mol. The van der Waals surface area contributed by atoms with E-state index in [-0.39, 0.29) is 1.43 Å². The van der Waals surface area contributed by atoms with Gasteiger partial charge in [0.25, 0.3) is 0 Å². The molecule has 0 amide bonds. The first-order valence-corrected chi connectivity index (χ1v) is 8.19. The minimum Gasteiger partial charge on any atom is -0.322 e. The van der Waals surface area contributed by atoms with E-state index in [2.05, 4.69) is 4.72 Å². The summed E-state index contributed by atoms with van der Waals surface area (Å²) in [6.45, 7) is 0. The number of hydrogen-bond acceptors (Lipinski definition) is 3. The SMILES string of the molecule is CS(=O)(=O)N[C@@H](c1ccccc1)[C@@H](N)c1ccccc1.[HH]. The lowest BCUT2D eigenvalue weighted by molar-refractivity contribution is 0.507. The Kier molecular flexibility index (Phi) is 4.54. The fraction of sp³-hybridized carbons (Fsp3) is 0.200. The second-order valence-electron chi connectivity index (χ2n) is 4.71. The van der Waals surface area contributed by atoms with Crippen LogP contribution < -0.4 is 10.5 Å². The van der Waals surface area contributed by atoms with E-state index in [0.29, 0.717) is 0 Å². The zero-order valence-corrected chi connectivity index (χ0v) is 12.0. The maximum Gasteiger partial charge on any atom is 0.209 e. The van der Waals surface area contributed by atoms with Crippen molar-refractivity contribution in [2.75, 3.05) is 6.26 Å². The molecule has 0 heterocycles. The van der Waals surface area contributed by atoms with Crippen LogP contribution in [0.5, 0.6) is 0 Å². The molecule has 0 unspecified atom stereocenters. The Morgan fingerprint density at radius 2 is 1.40 bits per heavy atom. The fourth-order valence-electron chi connectivity index (χ4n) is 2.11. The third-order valence-corrected chi connectivity index (χ3v) is 3.73. The second kappa shape index (κ2) is 6.17. The van der Waals surface area contributed by atoms with Crippen LogP contribution in [0.4, 0.5) is 0 Å². The summed E-state index contributed by atoms with van der Waals surface area (Å²) in [6, 6.07) is 17.9. The predicted octanol–water partition coefficient (Wildman–Crippen LogP) is 2.22. The van der Waals surface area contributed by atoms with E-state index in [4.69, 9.17) is 5.73 Å². The smallest absolute Gasteiger partial charge is 0.209 e. The molecule has 0 fully saturated rings. The van der Waals surface area contributed by atoms with Gasteiger partial charge < -0.3 is 5.73 Å². The quantitative estimate of drug-likeness (QED) is 0.887. The van der Waals surface area contributed by atoms with E-state index in [1.54, 1.807) is 0 Å². The number of benzene rings is 2. The summed E-state index contributed by atoms with van der Waals surface area (Å²) < 4.78 is 25.8. The highest BCUT2D eigenvalue weighted by Crippen LogP contribution is 2.27. The summed E-state index contributed by atoms with van der Waals surface area (Å²) in [7, 11) is -3.35. The van der Waals surface area contributed by atoms with E-state index in [1.807, 2.05) is 60.7 Å². The standard InChI is InChI=1S/C15H18N2O2S.H2/c1-20(18,19)17-15(13-10-6-3-7-11-13)14(16)12-8-4-2-5-9-12;/h2-11,14-15,17H,16H2,1H3;1H/t14-,15-;/m0./s1. The van der Waals surface area contributed by atoms with Gasteiger partial charge in [0.1, 0.15) is 0 Å². The van der Waals surface area contributed by atoms with Crippen LogP contribution >= 0.6 is 0 Å². The minimum atomic E-state index is -3.35. The molecule has 2 atom stereocenters. The molecule has 0 aliphatic carbocycles. The van der Waals surface area contributed by atoms with Gasteiger partial charge in [0.05, 0.1) is 18.3 Å². The van der Waals surface area contributed by atoms with Crippen molar-refractivity contribution in [3.8, 4) is 0 Å². The van der Waals surface area contributed by atoms with Crippen molar-refractivity contribution in [1.29, 1.82) is 0 Å². The molecule has 108 valence electrons. The van der Waals surface area contributed by atoms with Crippen molar-refractivity contribution in [1.82, 2.24) is 4.72 Å². The van der Waals surface area contributed by atoms with Crippen LogP contribution in [0.25, 0.3) is 0 Å². The highest BCUT2D eigenvalue weighted by Gasteiger charge is 2.24. The molecule has 20 heavy (non-hydrogen) atoms. The number of nitrogens with two attached hydrogens (primary N) is 1. The molecule has 2 aromatic rings. The van der Waals surface area contributed by atoms with Gasteiger partial charge in [-0.15, -0.1) is 0 Å². The van der Waals surface area contributed by atoms with E-state index >= 15 is 0 Å². The highest BCUT2D eigenvalue weighted by molar-refractivity contribution is 7.88. The van der Waals surface area contributed by atoms with Crippen LogP contribution in [0, 0.1) is 0 Å². The van der Waals surface area contributed by atoms with Gasteiger partial charge in [-0.2, -0.15) is 0 Å². The Morgan fingerprint density at radius 1 is 0.950 bits per heavy atom. The summed E-state index contributed by atoms with van der Waals surface area (Å²) in [5.41, 5.74) is 7.98. The van der Waals surface area contributed by atoms with Crippen molar-refractivity contribution in [3.63, 3.8) is 0 Å². The van der Waals surface area contributed by atoms with Gasteiger partial charge in [0.15, 0.2) is 0 Å². The van der Waals surface area contributed by atoms with Gasteiger partial charge in [-0.25, -0.2) is 13.1 Å². The molecule has 2 aromatic carbocycles. The Labute approximate surface area is 121 Å². The van der Waals surface area contributed by atoms with E-state index in [0.717, 1.165) is 17.4 Å². The van der Waals surface area contributed by atoms with Crippen molar-refractivity contribution in [2.24, 2.45) is 5.73 Å². The van der Waals surface area contributed by atoms with Crippen molar-refractivity contribution >= 4 is 10.0 Å². The monoisotopic (exact) mass is 292 g/mol. The molecule has 0 saturated heterocycles. The van der Waals surface area contributed by atoms with E-state index < -0.39 is 22.1 Å². The first-order valence-electron chi connectivity index (χ1n) is 6.30. The first-order chi connectivity index (χ1) is 9.47. The molecular weight excluding hydrogens is 272 g/mol. The molecule has 0 aliphatic rings. The number of rotatable bonds is 5. The molecule has 5 heteroatoms. The molecule has 3 N–H and O–H groups in total. The van der Waals surface area contributed by atoms with Crippen LogP contribution in [0.15, 0.2) is 60.7 Å². The lowest BCUT2D eigenvalue weighted by Gasteiger charge is -2.25. The van der Waals surface area contributed by atoms with Crippen molar-refractivity contribution in [2.45, 2.75) is 12.1 Å². The first kappa shape index (κ1) is 14.7. The Hall–Kier alpha value is -1.69. The van der Waals surface area contributed by atoms with Crippen LogP contribution in [0.3, 0.4) is 0 Å². The normalized spacial score (nSPS) is 14.7. The summed E-state index contributed by atoms with van der Waals surface area (Å²) in [5, 5.41) is 0. The van der Waals surface area contributed by atoms with Gasteiger partial charge in [0.2, 0.25) is 10.0 Å². The van der Waals surface area contributed by atoms with Crippen molar-refractivity contribution in [3.05, 3.63) is 71.8 Å². The van der Waals surface area contributed by atoms with Gasteiger partial charge in [-0.3, -0.25) is 0 Å². The molecule has 0 aliphatic heterocycles.